The van der Waals surface area contributed by atoms with Gasteiger partial charge in [-0.05, 0) is 50.3 Å². The maximum atomic E-state index is 13.2. The number of nitrogens with one attached hydrogen (secondary N) is 1. The van der Waals surface area contributed by atoms with Crippen LogP contribution in [0.25, 0.3) is 0 Å². The third-order valence-electron chi connectivity index (χ3n) is 3.79. The molecule has 3 heteroatoms. The highest BCUT2D eigenvalue weighted by atomic mass is 19.1. The van der Waals surface area contributed by atoms with Crippen LogP contribution in [-0.4, -0.2) is 19.3 Å². The second-order valence-electron chi connectivity index (χ2n) is 5.16. The standard InChI is InChI=1S/C15H22FNO/c1-11(12-5-3-6-13(16)9-12)17-14-7-4-8-15(10-14)18-2/h3,5-6,9,11,14-15,17H,4,7-8,10H2,1-2H3/t11-,14?,15?/m0/s1. The first-order valence-corrected chi connectivity index (χ1v) is 6.73. The summed E-state index contributed by atoms with van der Waals surface area (Å²) in [5, 5.41) is 3.58. The van der Waals surface area contributed by atoms with Crippen LogP contribution >= 0.6 is 0 Å². The molecule has 0 radical (unpaired) electrons. The maximum Gasteiger partial charge on any atom is 0.123 e. The Morgan fingerprint density at radius 1 is 1.39 bits per heavy atom. The van der Waals surface area contributed by atoms with Gasteiger partial charge < -0.3 is 10.1 Å². The van der Waals surface area contributed by atoms with Crippen molar-refractivity contribution in [1.82, 2.24) is 5.32 Å². The first-order chi connectivity index (χ1) is 8.69. The molecule has 1 aliphatic rings. The first kappa shape index (κ1) is 13.5. The van der Waals surface area contributed by atoms with Gasteiger partial charge in [0.2, 0.25) is 0 Å². The lowest BCUT2D eigenvalue weighted by molar-refractivity contribution is 0.0572. The Balaban J connectivity index is 1.92. The fourth-order valence-corrected chi connectivity index (χ4v) is 2.74. The molecule has 0 aromatic heterocycles. The average molecular weight is 251 g/mol. The van der Waals surface area contributed by atoms with E-state index >= 15 is 0 Å². The molecule has 1 aromatic carbocycles. The van der Waals surface area contributed by atoms with E-state index in [1.807, 2.05) is 6.07 Å². The molecule has 1 aromatic rings. The SMILES string of the molecule is COC1CCCC(N[C@@H](C)c2cccc(F)c2)C1. The van der Waals surface area contributed by atoms with E-state index < -0.39 is 0 Å². The molecule has 0 aliphatic heterocycles. The van der Waals surface area contributed by atoms with Crippen LogP contribution in [0.4, 0.5) is 4.39 Å². The zero-order valence-corrected chi connectivity index (χ0v) is 11.2. The van der Waals surface area contributed by atoms with Crippen molar-refractivity contribution in [2.24, 2.45) is 0 Å². The Bertz CT molecular complexity index is 383. The highest BCUT2D eigenvalue weighted by Gasteiger charge is 2.23. The quantitative estimate of drug-likeness (QED) is 0.885. The molecular weight excluding hydrogens is 229 g/mol. The molecule has 2 nitrogen and oxygen atoms in total. The summed E-state index contributed by atoms with van der Waals surface area (Å²) in [6, 6.07) is 7.48. The Hall–Kier alpha value is -0.930. The smallest absolute Gasteiger partial charge is 0.123 e. The molecule has 1 saturated carbocycles. The monoisotopic (exact) mass is 251 g/mol. The van der Waals surface area contributed by atoms with Gasteiger partial charge in [0, 0.05) is 19.2 Å². The van der Waals surface area contributed by atoms with E-state index in [2.05, 4.69) is 12.2 Å². The normalized spacial score (nSPS) is 25.9. The first-order valence-electron chi connectivity index (χ1n) is 6.73. The summed E-state index contributed by atoms with van der Waals surface area (Å²) in [5.41, 5.74) is 1.01. The molecule has 2 rings (SSSR count). The molecule has 0 saturated heterocycles. The number of benzene rings is 1. The van der Waals surface area contributed by atoms with Crippen molar-refractivity contribution in [3.8, 4) is 0 Å². The molecule has 18 heavy (non-hydrogen) atoms. The topological polar surface area (TPSA) is 21.3 Å². The zero-order valence-electron chi connectivity index (χ0n) is 11.2. The van der Waals surface area contributed by atoms with Crippen molar-refractivity contribution in [3.05, 3.63) is 35.6 Å². The summed E-state index contributed by atoms with van der Waals surface area (Å²) in [7, 11) is 1.78. The Labute approximate surface area is 109 Å². The third kappa shape index (κ3) is 3.53. The predicted octanol–water partition coefficient (Wildman–Crippen LogP) is 3.43. The molecule has 0 bridgehead atoms. The van der Waals surface area contributed by atoms with Gasteiger partial charge in [-0.1, -0.05) is 12.1 Å². The van der Waals surface area contributed by atoms with E-state index in [1.165, 1.54) is 18.9 Å². The van der Waals surface area contributed by atoms with Crippen molar-refractivity contribution in [2.45, 2.75) is 50.8 Å². The Morgan fingerprint density at radius 3 is 2.94 bits per heavy atom. The second kappa shape index (κ2) is 6.30. The van der Waals surface area contributed by atoms with Crippen molar-refractivity contribution < 1.29 is 9.13 Å². The highest BCUT2D eigenvalue weighted by Crippen LogP contribution is 2.23. The summed E-state index contributed by atoms with van der Waals surface area (Å²) in [6.07, 6.45) is 4.96. The summed E-state index contributed by atoms with van der Waals surface area (Å²) in [4.78, 5) is 0. The number of hydrogen-bond donors (Lipinski definition) is 1. The molecule has 1 aliphatic carbocycles. The number of hydrogen-bond acceptors (Lipinski definition) is 2. The van der Waals surface area contributed by atoms with Crippen LogP contribution in [0.15, 0.2) is 24.3 Å². The number of halogens is 1. The minimum atomic E-state index is -0.167. The third-order valence-corrected chi connectivity index (χ3v) is 3.79. The van der Waals surface area contributed by atoms with Crippen molar-refractivity contribution in [1.29, 1.82) is 0 Å². The molecule has 1 fully saturated rings. The maximum absolute atomic E-state index is 13.2. The van der Waals surface area contributed by atoms with Gasteiger partial charge in [0.05, 0.1) is 6.10 Å². The molecule has 0 spiro atoms. The van der Waals surface area contributed by atoms with E-state index in [9.17, 15) is 4.39 Å². The van der Waals surface area contributed by atoms with Crippen LogP contribution in [0.1, 0.15) is 44.2 Å². The molecule has 0 amide bonds. The fourth-order valence-electron chi connectivity index (χ4n) is 2.74. The van der Waals surface area contributed by atoms with E-state index in [-0.39, 0.29) is 11.9 Å². The molecule has 1 N–H and O–H groups in total. The largest absolute Gasteiger partial charge is 0.381 e. The average Bonchev–Trinajstić information content (AvgIpc) is 2.39. The van der Waals surface area contributed by atoms with Gasteiger partial charge in [-0.15, -0.1) is 0 Å². The summed E-state index contributed by atoms with van der Waals surface area (Å²) < 4.78 is 18.6. The van der Waals surface area contributed by atoms with Gasteiger partial charge in [0.1, 0.15) is 5.82 Å². The Morgan fingerprint density at radius 2 is 2.22 bits per heavy atom. The van der Waals surface area contributed by atoms with Crippen molar-refractivity contribution >= 4 is 0 Å². The zero-order chi connectivity index (χ0) is 13.0. The van der Waals surface area contributed by atoms with E-state index in [0.29, 0.717) is 12.1 Å². The molecule has 100 valence electrons. The minimum absolute atomic E-state index is 0.167. The lowest BCUT2D eigenvalue weighted by Crippen LogP contribution is -2.38. The van der Waals surface area contributed by atoms with Gasteiger partial charge in [0.25, 0.3) is 0 Å². The van der Waals surface area contributed by atoms with E-state index in [4.69, 9.17) is 4.74 Å². The number of ether oxygens (including phenoxy) is 1. The molecule has 0 heterocycles. The van der Waals surface area contributed by atoms with Crippen molar-refractivity contribution in [3.63, 3.8) is 0 Å². The van der Waals surface area contributed by atoms with Crippen LogP contribution in [0.5, 0.6) is 0 Å². The summed E-state index contributed by atoms with van der Waals surface area (Å²) in [6.45, 7) is 2.09. The predicted molar refractivity (Wildman–Crippen MR) is 71.0 cm³/mol. The van der Waals surface area contributed by atoms with Crippen LogP contribution < -0.4 is 5.32 Å². The summed E-state index contributed by atoms with van der Waals surface area (Å²) in [5.74, 6) is -0.167. The van der Waals surface area contributed by atoms with Crippen molar-refractivity contribution in [2.75, 3.05) is 7.11 Å². The van der Waals surface area contributed by atoms with Gasteiger partial charge in [0.15, 0.2) is 0 Å². The highest BCUT2D eigenvalue weighted by molar-refractivity contribution is 5.19. The van der Waals surface area contributed by atoms with Crippen LogP contribution in [-0.2, 0) is 4.74 Å². The fraction of sp³-hybridized carbons (Fsp3) is 0.600. The molecular formula is C15H22FNO. The van der Waals surface area contributed by atoms with E-state index in [0.717, 1.165) is 18.4 Å². The Kier molecular flexibility index (Phi) is 4.72. The molecule has 3 atom stereocenters. The molecule has 2 unspecified atom stereocenters. The van der Waals surface area contributed by atoms with Crippen LogP contribution in [0.3, 0.4) is 0 Å². The minimum Gasteiger partial charge on any atom is -0.381 e. The number of rotatable bonds is 4. The second-order valence-corrected chi connectivity index (χ2v) is 5.16. The van der Waals surface area contributed by atoms with Crippen LogP contribution in [0, 0.1) is 5.82 Å². The number of methoxy groups -OCH3 is 1. The van der Waals surface area contributed by atoms with E-state index in [1.54, 1.807) is 19.2 Å². The lowest BCUT2D eigenvalue weighted by atomic mass is 9.92. The van der Waals surface area contributed by atoms with Gasteiger partial charge >= 0.3 is 0 Å². The lowest BCUT2D eigenvalue weighted by Gasteiger charge is -2.31. The summed E-state index contributed by atoms with van der Waals surface area (Å²) >= 11 is 0. The van der Waals surface area contributed by atoms with Crippen LogP contribution in [0.2, 0.25) is 0 Å². The van der Waals surface area contributed by atoms with Gasteiger partial charge in [-0.2, -0.15) is 0 Å². The van der Waals surface area contributed by atoms with Gasteiger partial charge in [-0.3, -0.25) is 0 Å². The van der Waals surface area contributed by atoms with Gasteiger partial charge in [-0.25, -0.2) is 4.39 Å².